The van der Waals surface area contributed by atoms with Crippen molar-refractivity contribution < 1.29 is 13.2 Å². The average Bonchev–Trinajstić information content (AvgIpc) is 2.88. The molecule has 1 unspecified atom stereocenters. The summed E-state index contributed by atoms with van der Waals surface area (Å²) in [6.45, 7) is 2.55. The first kappa shape index (κ1) is 18.3. The van der Waals surface area contributed by atoms with Crippen LogP contribution in [0.5, 0.6) is 0 Å². The molecule has 1 heterocycles. The molecule has 19 heavy (non-hydrogen) atoms. The summed E-state index contributed by atoms with van der Waals surface area (Å²) in [4.78, 5) is 11.4. The second-order valence-electron chi connectivity index (χ2n) is 3.90. The van der Waals surface area contributed by atoms with Crippen molar-refractivity contribution in [3.05, 3.63) is 17.5 Å². The second kappa shape index (κ2) is 8.49. The van der Waals surface area contributed by atoms with Crippen LogP contribution in [-0.2, 0) is 14.8 Å². The summed E-state index contributed by atoms with van der Waals surface area (Å²) in [5.74, 6) is -0.196. The summed E-state index contributed by atoms with van der Waals surface area (Å²) in [6.07, 6.45) is 0. The SMILES string of the molecule is CC(CN)CNC(=O)CNS(=O)(=O)c1cccs1.Cl. The van der Waals surface area contributed by atoms with Crippen LogP contribution in [0.15, 0.2) is 21.7 Å². The van der Waals surface area contributed by atoms with Crippen LogP contribution in [-0.4, -0.2) is 34.0 Å². The number of carbonyl (C=O) groups is 1. The van der Waals surface area contributed by atoms with Gasteiger partial charge in [0.25, 0.3) is 10.0 Å². The Morgan fingerprint density at radius 3 is 2.74 bits per heavy atom. The molecule has 110 valence electrons. The molecule has 6 nitrogen and oxygen atoms in total. The maximum atomic E-state index is 11.7. The van der Waals surface area contributed by atoms with Gasteiger partial charge in [-0.25, -0.2) is 13.1 Å². The smallest absolute Gasteiger partial charge is 0.250 e. The second-order valence-corrected chi connectivity index (χ2v) is 6.84. The molecule has 1 amide bonds. The lowest BCUT2D eigenvalue weighted by molar-refractivity contribution is -0.120. The minimum absolute atomic E-state index is 0. The van der Waals surface area contributed by atoms with E-state index in [4.69, 9.17) is 5.73 Å². The van der Waals surface area contributed by atoms with E-state index in [0.717, 1.165) is 11.3 Å². The van der Waals surface area contributed by atoms with Gasteiger partial charge in [0, 0.05) is 6.54 Å². The fourth-order valence-electron chi connectivity index (χ4n) is 1.08. The monoisotopic (exact) mass is 327 g/mol. The van der Waals surface area contributed by atoms with Crippen LogP contribution in [0.4, 0.5) is 0 Å². The van der Waals surface area contributed by atoms with Gasteiger partial charge in [-0.15, -0.1) is 23.7 Å². The zero-order chi connectivity index (χ0) is 13.6. The lowest BCUT2D eigenvalue weighted by atomic mass is 10.2. The van der Waals surface area contributed by atoms with E-state index in [2.05, 4.69) is 10.0 Å². The molecule has 0 aliphatic carbocycles. The summed E-state index contributed by atoms with van der Waals surface area (Å²) in [5, 5.41) is 4.27. The summed E-state index contributed by atoms with van der Waals surface area (Å²) in [7, 11) is -3.57. The molecule has 1 atom stereocenters. The van der Waals surface area contributed by atoms with Crippen molar-refractivity contribution in [3.63, 3.8) is 0 Å². The van der Waals surface area contributed by atoms with Crippen LogP contribution in [0.3, 0.4) is 0 Å². The molecule has 0 fully saturated rings. The molecular formula is C10H18ClN3O3S2. The van der Waals surface area contributed by atoms with Crippen molar-refractivity contribution in [1.29, 1.82) is 0 Å². The number of thiophene rings is 1. The van der Waals surface area contributed by atoms with Crippen LogP contribution < -0.4 is 15.8 Å². The lowest BCUT2D eigenvalue weighted by Gasteiger charge is -2.10. The largest absolute Gasteiger partial charge is 0.355 e. The Hall–Kier alpha value is -0.670. The first-order valence-electron chi connectivity index (χ1n) is 5.45. The molecular weight excluding hydrogens is 310 g/mol. The molecule has 0 spiro atoms. The highest BCUT2D eigenvalue weighted by atomic mass is 35.5. The van der Waals surface area contributed by atoms with E-state index < -0.39 is 10.0 Å². The predicted molar refractivity (Wildman–Crippen MR) is 78.0 cm³/mol. The average molecular weight is 328 g/mol. The van der Waals surface area contributed by atoms with Crippen molar-refractivity contribution >= 4 is 39.7 Å². The van der Waals surface area contributed by atoms with Crippen LogP contribution in [0.2, 0.25) is 0 Å². The fraction of sp³-hybridized carbons (Fsp3) is 0.500. The van der Waals surface area contributed by atoms with Crippen molar-refractivity contribution in [1.82, 2.24) is 10.0 Å². The zero-order valence-corrected chi connectivity index (χ0v) is 12.9. The summed E-state index contributed by atoms with van der Waals surface area (Å²) < 4.78 is 25.8. The Morgan fingerprint density at radius 2 is 2.21 bits per heavy atom. The van der Waals surface area contributed by atoms with E-state index in [9.17, 15) is 13.2 Å². The normalized spacial score (nSPS) is 12.5. The van der Waals surface area contributed by atoms with Gasteiger partial charge < -0.3 is 11.1 Å². The molecule has 0 saturated heterocycles. The van der Waals surface area contributed by atoms with E-state index >= 15 is 0 Å². The van der Waals surface area contributed by atoms with Crippen LogP contribution >= 0.6 is 23.7 Å². The van der Waals surface area contributed by atoms with Crippen molar-refractivity contribution in [2.24, 2.45) is 11.7 Å². The number of sulfonamides is 1. The third-order valence-corrected chi connectivity index (χ3v) is 5.03. The van der Waals surface area contributed by atoms with Gasteiger partial charge in [-0.05, 0) is 23.9 Å². The Balaban J connectivity index is 0.00000324. The number of carbonyl (C=O) groups excluding carboxylic acids is 1. The van der Waals surface area contributed by atoms with Gasteiger partial charge in [-0.3, -0.25) is 4.79 Å². The van der Waals surface area contributed by atoms with Gasteiger partial charge in [0.05, 0.1) is 6.54 Å². The molecule has 4 N–H and O–H groups in total. The van der Waals surface area contributed by atoms with Crippen molar-refractivity contribution in [3.8, 4) is 0 Å². The van der Waals surface area contributed by atoms with Crippen LogP contribution in [0.1, 0.15) is 6.92 Å². The first-order chi connectivity index (χ1) is 8.45. The number of amides is 1. The van der Waals surface area contributed by atoms with Gasteiger partial charge in [0.1, 0.15) is 4.21 Å². The van der Waals surface area contributed by atoms with Gasteiger partial charge >= 0.3 is 0 Å². The maximum absolute atomic E-state index is 11.7. The van der Waals surface area contributed by atoms with Crippen molar-refractivity contribution in [2.75, 3.05) is 19.6 Å². The highest BCUT2D eigenvalue weighted by Gasteiger charge is 2.16. The quantitative estimate of drug-likeness (QED) is 0.664. The number of nitrogens with two attached hydrogens (primary N) is 1. The predicted octanol–water partition coefficient (Wildman–Crippen LogP) is 0.159. The minimum atomic E-state index is -3.57. The van der Waals surface area contributed by atoms with Crippen molar-refractivity contribution in [2.45, 2.75) is 11.1 Å². The topological polar surface area (TPSA) is 101 Å². The third-order valence-electron chi connectivity index (χ3n) is 2.23. The number of rotatable bonds is 7. The Kier molecular flexibility index (Phi) is 8.19. The molecule has 0 aromatic carbocycles. The standard InChI is InChI=1S/C10H17N3O3S2.ClH/c1-8(5-11)6-12-9(14)7-13-18(15,16)10-3-2-4-17-10;/h2-4,8,13H,5-7,11H2,1H3,(H,12,14);1H. The van der Waals surface area contributed by atoms with E-state index in [1.54, 1.807) is 11.4 Å². The number of halogens is 1. The molecule has 0 saturated carbocycles. The first-order valence-corrected chi connectivity index (χ1v) is 7.82. The minimum Gasteiger partial charge on any atom is -0.355 e. The number of hydrogen-bond donors (Lipinski definition) is 3. The summed E-state index contributed by atoms with van der Waals surface area (Å²) >= 11 is 1.10. The van der Waals surface area contributed by atoms with E-state index in [0.29, 0.717) is 13.1 Å². The maximum Gasteiger partial charge on any atom is 0.250 e. The summed E-state index contributed by atoms with van der Waals surface area (Å²) in [6, 6.07) is 3.13. The Bertz CT molecular complexity index is 476. The van der Waals surface area contributed by atoms with E-state index in [-0.39, 0.29) is 35.0 Å². The van der Waals surface area contributed by atoms with Gasteiger partial charge in [-0.1, -0.05) is 13.0 Å². The van der Waals surface area contributed by atoms with Gasteiger partial charge in [0.2, 0.25) is 5.91 Å². The zero-order valence-electron chi connectivity index (χ0n) is 10.5. The van der Waals surface area contributed by atoms with Crippen LogP contribution in [0.25, 0.3) is 0 Å². The molecule has 1 rings (SSSR count). The third kappa shape index (κ3) is 6.35. The number of hydrogen-bond acceptors (Lipinski definition) is 5. The lowest BCUT2D eigenvalue weighted by Crippen LogP contribution is -2.39. The molecule has 1 aromatic rings. The molecule has 1 aromatic heterocycles. The molecule has 0 aliphatic heterocycles. The number of nitrogens with one attached hydrogen (secondary N) is 2. The molecule has 0 radical (unpaired) electrons. The van der Waals surface area contributed by atoms with Crippen LogP contribution in [0, 0.1) is 5.92 Å². The Morgan fingerprint density at radius 1 is 1.53 bits per heavy atom. The van der Waals surface area contributed by atoms with E-state index in [1.165, 1.54) is 6.07 Å². The fourth-order valence-corrected chi connectivity index (χ4v) is 3.10. The Labute approximate surface area is 123 Å². The van der Waals surface area contributed by atoms with Gasteiger partial charge in [-0.2, -0.15) is 0 Å². The molecule has 9 heteroatoms. The van der Waals surface area contributed by atoms with E-state index in [1.807, 2.05) is 6.92 Å². The molecule has 0 bridgehead atoms. The highest BCUT2D eigenvalue weighted by molar-refractivity contribution is 7.91. The highest BCUT2D eigenvalue weighted by Crippen LogP contribution is 2.14. The molecule has 0 aliphatic rings. The summed E-state index contributed by atoms with van der Waals surface area (Å²) in [5.41, 5.74) is 5.40. The van der Waals surface area contributed by atoms with Gasteiger partial charge in [0.15, 0.2) is 0 Å².